The maximum atomic E-state index is 12.9. The largest absolute Gasteiger partial charge is 0.352 e. The average Bonchev–Trinajstić information content (AvgIpc) is 3.15. The van der Waals surface area contributed by atoms with Crippen LogP contribution in [0.3, 0.4) is 0 Å². The minimum Gasteiger partial charge on any atom is -0.352 e. The lowest BCUT2D eigenvalue weighted by Gasteiger charge is -2.32. The van der Waals surface area contributed by atoms with E-state index in [0.717, 1.165) is 31.6 Å². The molecule has 3 rings (SSSR count). The molecule has 8 nitrogen and oxygen atoms in total. The van der Waals surface area contributed by atoms with Crippen LogP contribution in [0.25, 0.3) is 0 Å². The number of hydrogen-bond acceptors (Lipinski definition) is 5. The molecule has 1 fully saturated rings. The molecule has 152 valence electrons. The fourth-order valence-electron chi connectivity index (χ4n) is 3.47. The van der Waals surface area contributed by atoms with Gasteiger partial charge in [-0.25, -0.2) is 8.42 Å². The van der Waals surface area contributed by atoms with E-state index in [-0.39, 0.29) is 16.8 Å². The summed E-state index contributed by atoms with van der Waals surface area (Å²) in [4.78, 5) is 12.6. The highest BCUT2D eigenvalue weighted by Crippen LogP contribution is 2.25. The summed E-state index contributed by atoms with van der Waals surface area (Å²) in [5.74, 6) is 0.581. The molecule has 1 amide bonds. The number of nitrogens with one attached hydrogen (secondary N) is 1. The van der Waals surface area contributed by atoms with Crippen molar-refractivity contribution in [2.75, 3.05) is 13.1 Å². The van der Waals surface area contributed by atoms with Crippen molar-refractivity contribution >= 4 is 15.9 Å². The molecule has 1 aliphatic rings. The fraction of sp³-hybridized carbons (Fsp3) is 0.526. The Labute approximate surface area is 166 Å². The fourth-order valence-corrected chi connectivity index (χ4v) is 5.17. The van der Waals surface area contributed by atoms with Crippen LogP contribution in [0.15, 0.2) is 35.5 Å². The molecule has 1 aliphatic heterocycles. The summed E-state index contributed by atoms with van der Waals surface area (Å²) < 4.78 is 29.2. The Bertz CT molecular complexity index is 908. The van der Waals surface area contributed by atoms with E-state index in [1.165, 1.54) is 12.1 Å². The van der Waals surface area contributed by atoms with Gasteiger partial charge < -0.3 is 9.88 Å². The number of piperidine rings is 1. The molecule has 0 bridgehead atoms. The highest BCUT2D eigenvalue weighted by molar-refractivity contribution is 7.89. The molecular weight excluding hydrogens is 378 g/mol. The van der Waals surface area contributed by atoms with Crippen molar-refractivity contribution in [3.05, 3.63) is 42.0 Å². The van der Waals surface area contributed by atoms with E-state index in [0.29, 0.717) is 25.1 Å². The predicted molar refractivity (Wildman–Crippen MR) is 105 cm³/mol. The third kappa shape index (κ3) is 4.41. The van der Waals surface area contributed by atoms with Gasteiger partial charge in [0.1, 0.15) is 12.2 Å². The van der Waals surface area contributed by atoms with Gasteiger partial charge in [0.15, 0.2) is 0 Å². The minimum atomic E-state index is -3.52. The first-order valence-electron chi connectivity index (χ1n) is 9.70. The van der Waals surface area contributed by atoms with Crippen molar-refractivity contribution < 1.29 is 13.2 Å². The van der Waals surface area contributed by atoms with Crippen molar-refractivity contribution in [3.8, 4) is 0 Å². The molecule has 0 aliphatic carbocycles. The Kier molecular flexibility index (Phi) is 6.46. The van der Waals surface area contributed by atoms with E-state index in [9.17, 15) is 13.2 Å². The average molecular weight is 406 g/mol. The zero-order chi connectivity index (χ0) is 20.1. The third-order valence-electron chi connectivity index (χ3n) is 5.14. The van der Waals surface area contributed by atoms with Gasteiger partial charge in [-0.15, -0.1) is 10.2 Å². The Morgan fingerprint density at radius 2 is 2.00 bits per heavy atom. The second kappa shape index (κ2) is 8.83. The van der Waals surface area contributed by atoms with Crippen molar-refractivity contribution in [1.82, 2.24) is 24.4 Å². The van der Waals surface area contributed by atoms with Crippen molar-refractivity contribution in [3.63, 3.8) is 0 Å². The Balaban J connectivity index is 1.61. The molecule has 1 saturated heterocycles. The normalized spacial score (nSPS) is 18.1. The lowest BCUT2D eigenvalue weighted by molar-refractivity contribution is 0.0953. The molecule has 1 N–H and O–H groups in total. The summed E-state index contributed by atoms with van der Waals surface area (Å²) in [5, 5.41) is 10.7. The van der Waals surface area contributed by atoms with Gasteiger partial charge in [-0.3, -0.25) is 4.79 Å². The van der Waals surface area contributed by atoms with E-state index in [1.54, 1.807) is 22.8 Å². The molecule has 1 aromatic heterocycles. The Morgan fingerprint density at radius 1 is 1.25 bits per heavy atom. The highest BCUT2D eigenvalue weighted by Gasteiger charge is 2.30. The number of hydrogen-bond donors (Lipinski definition) is 1. The molecule has 9 heteroatoms. The number of rotatable bonds is 7. The maximum absolute atomic E-state index is 12.9. The van der Waals surface area contributed by atoms with Gasteiger partial charge in [-0.2, -0.15) is 4.31 Å². The SMILES string of the molecule is CCn1cnnc1CCNC(=O)c1ccc(S(=O)(=O)N2CCCCC2C)cc1. The first-order valence-corrected chi connectivity index (χ1v) is 11.1. The van der Waals surface area contributed by atoms with Gasteiger partial charge in [0.25, 0.3) is 5.91 Å². The second-order valence-electron chi connectivity index (χ2n) is 7.02. The summed E-state index contributed by atoms with van der Waals surface area (Å²) in [7, 11) is -3.52. The summed E-state index contributed by atoms with van der Waals surface area (Å²) in [6.45, 7) is 5.71. The zero-order valence-electron chi connectivity index (χ0n) is 16.3. The summed E-state index contributed by atoms with van der Waals surface area (Å²) in [6, 6.07) is 6.15. The number of aryl methyl sites for hydroxylation is 1. The van der Waals surface area contributed by atoms with Crippen LogP contribution in [0.5, 0.6) is 0 Å². The molecule has 2 aromatic rings. The first-order chi connectivity index (χ1) is 13.4. The molecule has 1 unspecified atom stereocenters. The smallest absolute Gasteiger partial charge is 0.251 e. The number of amides is 1. The number of benzene rings is 1. The van der Waals surface area contributed by atoms with Crippen molar-refractivity contribution in [2.45, 2.75) is 57.0 Å². The highest BCUT2D eigenvalue weighted by atomic mass is 32.2. The first kappa shape index (κ1) is 20.5. The standard InChI is InChI=1S/C19H27N5O3S/c1-3-23-14-21-22-18(23)11-12-20-19(25)16-7-9-17(10-8-16)28(26,27)24-13-5-4-6-15(24)2/h7-10,14-15H,3-6,11-13H2,1-2H3,(H,20,25). The van der Waals surface area contributed by atoms with Crippen LogP contribution < -0.4 is 5.32 Å². The molecule has 0 radical (unpaired) electrons. The van der Waals surface area contributed by atoms with Gasteiger partial charge >= 0.3 is 0 Å². The quantitative estimate of drug-likeness (QED) is 0.758. The maximum Gasteiger partial charge on any atom is 0.251 e. The molecule has 1 atom stereocenters. The van der Waals surface area contributed by atoms with Crippen molar-refractivity contribution in [2.24, 2.45) is 0 Å². The van der Waals surface area contributed by atoms with Crippen LogP contribution in [0.1, 0.15) is 49.3 Å². The zero-order valence-corrected chi connectivity index (χ0v) is 17.2. The van der Waals surface area contributed by atoms with Crippen molar-refractivity contribution in [1.29, 1.82) is 0 Å². The van der Waals surface area contributed by atoms with E-state index in [2.05, 4.69) is 15.5 Å². The third-order valence-corrected chi connectivity index (χ3v) is 7.16. The lowest BCUT2D eigenvalue weighted by Crippen LogP contribution is -2.41. The van der Waals surface area contributed by atoms with Crippen LogP contribution in [0.2, 0.25) is 0 Å². The van der Waals surface area contributed by atoms with Gasteiger partial charge in [-0.05, 0) is 51.0 Å². The van der Waals surface area contributed by atoms with Crippen LogP contribution in [0.4, 0.5) is 0 Å². The van der Waals surface area contributed by atoms with E-state index in [4.69, 9.17) is 0 Å². The number of carbonyl (C=O) groups excluding carboxylic acids is 1. The molecule has 0 spiro atoms. The van der Waals surface area contributed by atoms with E-state index in [1.807, 2.05) is 18.4 Å². The minimum absolute atomic E-state index is 0.00638. The molecule has 1 aromatic carbocycles. The molecule has 28 heavy (non-hydrogen) atoms. The van der Waals surface area contributed by atoms with Crippen LogP contribution in [-0.2, 0) is 23.0 Å². The Hall–Kier alpha value is -2.26. The van der Waals surface area contributed by atoms with Crippen LogP contribution in [-0.4, -0.2) is 52.5 Å². The number of nitrogens with zero attached hydrogens (tertiary/aromatic N) is 4. The second-order valence-corrected chi connectivity index (χ2v) is 8.91. The summed E-state index contributed by atoms with van der Waals surface area (Å²) >= 11 is 0. The number of aromatic nitrogens is 3. The predicted octanol–water partition coefficient (Wildman–Crippen LogP) is 1.83. The number of carbonyl (C=O) groups is 1. The van der Waals surface area contributed by atoms with E-state index >= 15 is 0 Å². The van der Waals surface area contributed by atoms with Crippen LogP contribution >= 0.6 is 0 Å². The monoisotopic (exact) mass is 405 g/mol. The van der Waals surface area contributed by atoms with Gasteiger partial charge in [0.05, 0.1) is 4.90 Å². The van der Waals surface area contributed by atoms with Gasteiger partial charge in [-0.1, -0.05) is 6.42 Å². The molecule has 2 heterocycles. The van der Waals surface area contributed by atoms with Crippen LogP contribution in [0, 0.1) is 0 Å². The summed E-state index contributed by atoms with van der Waals surface area (Å²) in [5.41, 5.74) is 0.433. The molecular formula is C19H27N5O3S. The van der Waals surface area contributed by atoms with Gasteiger partial charge in [0, 0.05) is 37.7 Å². The molecule has 0 saturated carbocycles. The van der Waals surface area contributed by atoms with Gasteiger partial charge in [0.2, 0.25) is 10.0 Å². The number of sulfonamides is 1. The van der Waals surface area contributed by atoms with E-state index < -0.39 is 10.0 Å². The summed E-state index contributed by atoms with van der Waals surface area (Å²) in [6.07, 6.45) is 5.07. The Morgan fingerprint density at radius 3 is 2.68 bits per heavy atom. The lowest BCUT2D eigenvalue weighted by atomic mass is 10.1. The topological polar surface area (TPSA) is 97.2 Å².